The molecule has 0 rings (SSSR count). The molecule has 9 nitrogen and oxygen atoms in total. The minimum atomic E-state index is -4.73. The number of hydrogen-bond acceptors (Lipinski definition) is 7. The lowest BCUT2D eigenvalue weighted by atomic mass is 10.1. The van der Waals surface area contributed by atoms with Crippen molar-refractivity contribution in [1.82, 2.24) is 5.32 Å². The number of esters is 1. The van der Waals surface area contributed by atoms with Crippen LogP contribution in [-0.2, 0) is 27.9 Å². The third kappa shape index (κ3) is 51.1. The molecule has 0 aliphatic rings. The van der Waals surface area contributed by atoms with Crippen LogP contribution in [0.5, 0.6) is 0 Å². The molecule has 0 aromatic rings. The molecule has 0 fully saturated rings. The average Bonchev–Trinajstić information content (AvgIpc) is 3.34. The number of unbranched alkanes of at least 4 members (excludes halogenated alkanes) is 17. The van der Waals surface area contributed by atoms with Crippen LogP contribution in [0, 0.1) is 0 Å². The van der Waals surface area contributed by atoms with Crippen molar-refractivity contribution in [2.24, 2.45) is 0 Å². The molecule has 10 heteroatoms. The highest BCUT2D eigenvalue weighted by atomic mass is 31.2. The summed E-state index contributed by atoms with van der Waals surface area (Å²) >= 11 is 0. The van der Waals surface area contributed by atoms with E-state index in [4.69, 9.17) is 13.8 Å². The fraction of sp³-hybridized carbons (Fsp3) is 0.613. The van der Waals surface area contributed by atoms with E-state index in [1.54, 1.807) is 6.08 Å². The molecule has 0 bridgehead atoms. The largest absolute Gasteiger partial charge is 0.756 e. The minimum Gasteiger partial charge on any atom is -0.756 e. The Balaban J connectivity index is 5.58. The molecule has 1 amide bonds. The van der Waals surface area contributed by atoms with Gasteiger partial charge in [-0.25, -0.2) is 0 Å². The Labute approximate surface area is 441 Å². The SMILES string of the molecule is CC\C=C/C=C/C=C/C=C\C=C\C=C\CCCCCC(=O)NC(COP(=O)([O-])OCC[N+](C)(C)C)C(/C=C/CCCCCCCCCCCC)OC(=O)CCC/C=C\C/C=C\C/C=C\C/C=C\CCCCC. The Morgan fingerprint density at radius 1 is 0.514 bits per heavy atom. The number of carbonyl (C=O) groups excluding carboxylic acids is 2. The summed E-state index contributed by atoms with van der Waals surface area (Å²) in [5.74, 6) is -0.672. The predicted molar refractivity (Wildman–Crippen MR) is 306 cm³/mol. The molecule has 408 valence electrons. The number of allylic oxidation sites excluding steroid dienone is 21. The summed E-state index contributed by atoms with van der Waals surface area (Å²) < 4.78 is 30.1. The van der Waals surface area contributed by atoms with E-state index in [2.05, 4.69) is 86.8 Å². The number of hydrogen-bond donors (Lipinski definition) is 1. The Bertz CT molecular complexity index is 1690. The summed E-state index contributed by atoms with van der Waals surface area (Å²) in [6.07, 6.45) is 71.4. The molecule has 0 saturated heterocycles. The van der Waals surface area contributed by atoms with Gasteiger partial charge in [-0.1, -0.05) is 225 Å². The van der Waals surface area contributed by atoms with Crippen LogP contribution in [-0.4, -0.2) is 69.4 Å². The van der Waals surface area contributed by atoms with Crippen molar-refractivity contribution < 1.29 is 37.3 Å². The summed E-state index contributed by atoms with van der Waals surface area (Å²) in [5.41, 5.74) is 0. The first-order chi connectivity index (χ1) is 34.9. The first-order valence-electron chi connectivity index (χ1n) is 28.1. The van der Waals surface area contributed by atoms with Gasteiger partial charge in [0.25, 0.3) is 7.82 Å². The van der Waals surface area contributed by atoms with E-state index in [0.29, 0.717) is 23.9 Å². The topological polar surface area (TPSA) is 114 Å². The number of phosphoric acid groups is 1. The van der Waals surface area contributed by atoms with E-state index in [1.807, 2.05) is 88.0 Å². The Morgan fingerprint density at radius 3 is 1.51 bits per heavy atom. The number of carbonyl (C=O) groups is 2. The van der Waals surface area contributed by atoms with Gasteiger partial charge in [0.05, 0.1) is 33.8 Å². The minimum absolute atomic E-state index is 0.0479. The molecule has 0 aromatic heterocycles. The first-order valence-corrected chi connectivity index (χ1v) is 29.5. The molecule has 0 heterocycles. The monoisotopic (exact) mass is 1020 g/mol. The average molecular weight is 1020 g/mol. The number of amides is 1. The highest BCUT2D eigenvalue weighted by molar-refractivity contribution is 7.45. The summed E-state index contributed by atoms with van der Waals surface area (Å²) in [6.45, 7) is 6.55. The van der Waals surface area contributed by atoms with E-state index < -0.39 is 32.5 Å². The smallest absolute Gasteiger partial charge is 0.306 e. The number of rotatable bonds is 48. The van der Waals surface area contributed by atoms with Crippen LogP contribution in [0.15, 0.2) is 134 Å². The lowest BCUT2D eigenvalue weighted by molar-refractivity contribution is -0.870. The second kappa shape index (κ2) is 50.7. The zero-order valence-electron chi connectivity index (χ0n) is 46.3. The molecule has 0 aliphatic carbocycles. The van der Waals surface area contributed by atoms with E-state index in [1.165, 1.54) is 77.0 Å². The number of nitrogens with zero attached hydrogens (tertiary/aromatic N) is 1. The van der Waals surface area contributed by atoms with Gasteiger partial charge >= 0.3 is 5.97 Å². The van der Waals surface area contributed by atoms with Crippen LogP contribution in [0.25, 0.3) is 0 Å². The lowest BCUT2D eigenvalue weighted by Crippen LogP contribution is -2.47. The van der Waals surface area contributed by atoms with Crippen molar-refractivity contribution in [3.63, 3.8) is 0 Å². The van der Waals surface area contributed by atoms with Crippen LogP contribution in [0.3, 0.4) is 0 Å². The quantitative estimate of drug-likeness (QED) is 0.0161. The number of ether oxygens (including phenoxy) is 1. The fourth-order valence-electron chi connectivity index (χ4n) is 7.13. The van der Waals surface area contributed by atoms with Gasteiger partial charge in [-0.15, -0.1) is 0 Å². The number of nitrogens with one attached hydrogen (secondary N) is 1. The van der Waals surface area contributed by atoms with Gasteiger partial charge in [-0.2, -0.15) is 0 Å². The van der Waals surface area contributed by atoms with Gasteiger partial charge < -0.3 is 28.5 Å². The Morgan fingerprint density at radius 2 is 0.958 bits per heavy atom. The fourth-order valence-corrected chi connectivity index (χ4v) is 7.85. The standard InChI is InChI=1S/C62H103N2O7P/c1-7-10-13-16-19-22-25-28-30-32-34-36-39-42-45-48-51-54-61(65)63-59(58-70-72(67,68)69-57-56-64(4,5)6)60(53-50-47-44-41-38-27-24-21-18-15-12-9-3)71-62(66)55-52-49-46-43-40-37-35-33-31-29-26-23-20-17-14-11-8-2/h10,13,16,19-20,22-23,25,28-32,34-37,39,43,46,50,53,59-60H,7-9,11-12,14-15,17-18,21,24,26-27,33,38,40-42,44-45,47-49,51-52,54-58H2,1-6H3,(H-,63,65,67,68)/b13-10-,19-16+,23-20-,25-22+,30-28-,31-29-,34-32+,37-35-,39-36+,46-43-,53-50+. The van der Waals surface area contributed by atoms with Gasteiger partial charge in [0.1, 0.15) is 19.3 Å². The molecule has 0 radical (unpaired) electrons. The molecule has 72 heavy (non-hydrogen) atoms. The van der Waals surface area contributed by atoms with E-state index in [-0.39, 0.29) is 25.4 Å². The maximum Gasteiger partial charge on any atom is 0.306 e. The third-order valence-electron chi connectivity index (χ3n) is 11.5. The van der Waals surface area contributed by atoms with Crippen LogP contribution in [0.4, 0.5) is 0 Å². The van der Waals surface area contributed by atoms with Crippen molar-refractivity contribution in [2.75, 3.05) is 40.9 Å². The molecule has 0 aromatic carbocycles. The molecule has 0 saturated carbocycles. The van der Waals surface area contributed by atoms with Crippen LogP contribution in [0.1, 0.15) is 194 Å². The van der Waals surface area contributed by atoms with Gasteiger partial charge in [-0.05, 0) is 89.5 Å². The number of likely N-dealkylation sites (N-methyl/N-ethyl adjacent to an activating group) is 1. The van der Waals surface area contributed by atoms with E-state index in [0.717, 1.165) is 70.6 Å². The summed E-state index contributed by atoms with van der Waals surface area (Å²) in [5, 5.41) is 2.97. The summed E-state index contributed by atoms with van der Waals surface area (Å²) in [4.78, 5) is 39.8. The summed E-state index contributed by atoms with van der Waals surface area (Å²) in [6, 6.07) is -0.943. The molecule has 0 aliphatic heterocycles. The lowest BCUT2D eigenvalue weighted by Gasteiger charge is -2.30. The zero-order valence-corrected chi connectivity index (χ0v) is 47.2. The number of quaternary nitrogens is 1. The Hall–Kier alpha value is -3.85. The maximum absolute atomic E-state index is 13.5. The van der Waals surface area contributed by atoms with E-state index in [9.17, 15) is 19.0 Å². The van der Waals surface area contributed by atoms with Gasteiger partial charge in [0.2, 0.25) is 5.91 Å². The van der Waals surface area contributed by atoms with Crippen molar-refractivity contribution in [2.45, 2.75) is 206 Å². The van der Waals surface area contributed by atoms with Gasteiger partial charge in [0, 0.05) is 12.8 Å². The second-order valence-corrected chi connectivity index (χ2v) is 20.9. The highest BCUT2D eigenvalue weighted by Gasteiger charge is 2.27. The first kappa shape index (κ1) is 68.2. The van der Waals surface area contributed by atoms with Crippen LogP contribution in [0.2, 0.25) is 0 Å². The second-order valence-electron chi connectivity index (χ2n) is 19.5. The zero-order chi connectivity index (χ0) is 52.9. The maximum atomic E-state index is 13.5. The number of phosphoric ester groups is 1. The third-order valence-corrected chi connectivity index (χ3v) is 12.4. The van der Waals surface area contributed by atoms with Crippen molar-refractivity contribution in [3.05, 3.63) is 134 Å². The van der Waals surface area contributed by atoms with Gasteiger partial charge in [-0.3, -0.25) is 14.2 Å². The predicted octanol–water partition coefficient (Wildman–Crippen LogP) is 16.3. The Kier molecular flexibility index (Phi) is 48.0. The van der Waals surface area contributed by atoms with Crippen molar-refractivity contribution >= 4 is 19.7 Å². The molecular formula is C62H103N2O7P. The normalized spacial score (nSPS) is 14.8. The summed E-state index contributed by atoms with van der Waals surface area (Å²) in [7, 11) is 1.10. The molecule has 1 N–H and O–H groups in total. The molecular weight excluding hydrogens is 916 g/mol. The highest BCUT2D eigenvalue weighted by Crippen LogP contribution is 2.38. The molecule has 0 spiro atoms. The van der Waals surface area contributed by atoms with Crippen molar-refractivity contribution in [1.29, 1.82) is 0 Å². The van der Waals surface area contributed by atoms with Crippen LogP contribution >= 0.6 is 7.82 Å². The van der Waals surface area contributed by atoms with Crippen molar-refractivity contribution in [3.8, 4) is 0 Å². The molecule has 3 atom stereocenters. The van der Waals surface area contributed by atoms with Crippen LogP contribution < -0.4 is 10.2 Å². The van der Waals surface area contributed by atoms with Gasteiger partial charge in [0.15, 0.2) is 0 Å². The van der Waals surface area contributed by atoms with E-state index >= 15 is 0 Å². The molecule has 3 unspecified atom stereocenters.